The number of benzene rings is 1. The summed E-state index contributed by atoms with van der Waals surface area (Å²) in [6.07, 6.45) is 1.39. The van der Waals surface area contributed by atoms with Crippen LogP contribution >= 0.6 is 0 Å². The van der Waals surface area contributed by atoms with Crippen LogP contribution in [0.15, 0.2) is 24.3 Å². The van der Waals surface area contributed by atoms with Crippen molar-refractivity contribution >= 4 is 23.3 Å². The Bertz CT molecular complexity index is 482. The molecule has 0 heterocycles. The lowest BCUT2D eigenvalue weighted by atomic mass is 10.1. The highest BCUT2D eigenvalue weighted by Crippen LogP contribution is 2.10. The first-order valence-electron chi connectivity index (χ1n) is 8.60. The van der Waals surface area contributed by atoms with E-state index < -0.39 is 0 Å². The number of carbonyl (C=O) groups is 3. The lowest BCUT2D eigenvalue weighted by Gasteiger charge is -2.06. The van der Waals surface area contributed by atoms with Crippen LogP contribution in [-0.2, 0) is 20.8 Å². The smallest absolute Gasteiger partial charge is 0.221 e. The van der Waals surface area contributed by atoms with E-state index in [9.17, 15) is 14.4 Å². The number of Topliss-reactive ketones (excluding diaryl/α,β-unsaturated/α-hetero) is 1. The van der Waals surface area contributed by atoms with E-state index in [4.69, 9.17) is 0 Å². The van der Waals surface area contributed by atoms with Crippen LogP contribution < -0.4 is 10.6 Å². The van der Waals surface area contributed by atoms with Crippen LogP contribution in [0.5, 0.6) is 0 Å². The maximum Gasteiger partial charge on any atom is 0.221 e. The first kappa shape index (κ1) is 24.1. The average Bonchev–Trinajstić information content (AvgIpc) is 2.57. The minimum atomic E-state index is -0.109. The summed E-state index contributed by atoms with van der Waals surface area (Å²) in [5.74, 6) is -0.0985. The second kappa shape index (κ2) is 15.7. The number of anilines is 1. The SMILES string of the molecule is CC.CC.CC(=O)CCNC(=O)CCc1ccc(NC(C)=O)cc1. The lowest BCUT2D eigenvalue weighted by Crippen LogP contribution is -2.25. The standard InChI is InChI=1S/C15H20N2O3.2C2H6/c1-11(18)9-10-16-15(20)8-5-13-3-6-14(7-4-13)17-12(2)19;2*1-2/h3-4,6-7H,5,8-10H2,1-2H3,(H,16,20)(H,17,19);2*1-2H3. The topological polar surface area (TPSA) is 75.3 Å². The largest absolute Gasteiger partial charge is 0.356 e. The van der Waals surface area contributed by atoms with Gasteiger partial charge in [0, 0.05) is 32.0 Å². The van der Waals surface area contributed by atoms with Crippen molar-refractivity contribution in [1.29, 1.82) is 0 Å². The summed E-state index contributed by atoms with van der Waals surface area (Å²) in [6.45, 7) is 11.4. The summed E-state index contributed by atoms with van der Waals surface area (Å²) in [4.78, 5) is 33.1. The minimum absolute atomic E-state index is 0.0582. The summed E-state index contributed by atoms with van der Waals surface area (Å²) in [5, 5.41) is 5.39. The van der Waals surface area contributed by atoms with Gasteiger partial charge in [0.1, 0.15) is 5.78 Å². The fourth-order valence-corrected chi connectivity index (χ4v) is 1.68. The monoisotopic (exact) mass is 336 g/mol. The van der Waals surface area contributed by atoms with Crippen molar-refractivity contribution in [3.05, 3.63) is 29.8 Å². The maximum absolute atomic E-state index is 11.5. The van der Waals surface area contributed by atoms with Gasteiger partial charge in [-0.1, -0.05) is 39.8 Å². The Morgan fingerprint density at radius 1 is 0.875 bits per heavy atom. The van der Waals surface area contributed by atoms with Gasteiger partial charge >= 0.3 is 0 Å². The summed E-state index contributed by atoms with van der Waals surface area (Å²) in [5.41, 5.74) is 1.77. The number of rotatable bonds is 7. The predicted octanol–water partition coefficient (Wildman–Crippen LogP) is 3.73. The van der Waals surface area contributed by atoms with E-state index in [2.05, 4.69) is 10.6 Å². The molecule has 0 bridgehead atoms. The molecule has 2 N–H and O–H groups in total. The van der Waals surface area contributed by atoms with Gasteiger partial charge in [0.15, 0.2) is 0 Å². The van der Waals surface area contributed by atoms with Gasteiger partial charge in [-0.05, 0) is 31.0 Å². The molecule has 0 unspecified atom stereocenters. The molecule has 0 atom stereocenters. The number of hydrogen-bond donors (Lipinski definition) is 2. The number of nitrogens with one attached hydrogen (secondary N) is 2. The van der Waals surface area contributed by atoms with Gasteiger partial charge in [-0.25, -0.2) is 0 Å². The molecule has 1 aromatic carbocycles. The van der Waals surface area contributed by atoms with Crippen LogP contribution in [-0.4, -0.2) is 24.1 Å². The van der Waals surface area contributed by atoms with Gasteiger partial charge in [-0.2, -0.15) is 0 Å². The Morgan fingerprint density at radius 2 is 1.42 bits per heavy atom. The Morgan fingerprint density at radius 3 is 1.88 bits per heavy atom. The number of amides is 2. The molecule has 2 amide bonds. The Balaban J connectivity index is 0. The van der Waals surface area contributed by atoms with Crippen molar-refractivity contribution in [2.75, 3.05) is 11.9 Å². The summed E-state index contributed by atoms with van der Waals surface area (Å²) < 4.78 is 0. The molecule has 24 heavy (non-hydrogen) atoms. The molecule has 1 rings (SSSR count). The molecule has 5 nitrogen and oxygen atoms in total. The zero-order valence-electron chi connectivity index (χ0n) is 15.9. The van der Waals surface area contributed by atoms with E-state index in [1.54, 1.807) is 0 Å². The fourth-order valence-electron chi connectivity index (χ4n) is 1.68. The molecular formula is C19H32N2O3. The number of ketones is 1. The molecule has 0 saturated carbocycles. The van der Waals surface area contributed by atoms with Crippen molar-refractivity contribution in [3.8, 4) is 0 Å². The molecule has 0 aliphatic heterocycles. The van der Waals surface area contributed by atoms with Gasteiger partial charge < -0.3 is 10.6 Å². The number of hydrogen-bond acceptors (Lipinski definition) is 3. The lowest BCUT2D eigenvalue weighted by molar-refractivity contribution is -0.121. The van der Waals surface area contributed by atoms with Crippen LogP contribution in [0.4, 0.5) is 5.69 Å². The quantitative estimate of drug-likeness (QED) is 0.796. The van der Waals surface area contributed by atoms with Gasteiger partial charge in [0.25, 0.3) is 0 Å². The van der Waals surface area contributed by atoms with E-state index in [1.807, 2.05) is 52.0 Å². The molecule has 0 aliphatic rings. The molecule has 136 valence electrons. The minimum Gasteiger partial charge on any atom is -0.356 e. The summed E-state index contributed by atoms with van der Waals surface area (Å²) in [6, 6.07) is 7.39. The van der Waals surface area contributed by atoms with Gasteiger partial charge in [0.05, 0.1) is 0 Å². The van der Waals surface area contributed by atoms with Crippen LogP contribution in [0, 0.1) is 0 Å². The summed E-state index contributed by atoms with van der Waals surface area (Å²) >= 11 is 0. The average molecular weight is 336 g/mol. The van der Waals surface area contributed by atoms with Gasteiger partial charge in [0.2, 0.25) is 11.8 Å². The normalized spacial score (nSPS) is 8.75. The maximum atomic E-state index is 11.5. The second-order valence-corrected chi connectivity index (χ2v) is 4.68. The second-order valence-electron chi connectivity index (χ2n) is 4.68. The molecule has 1 aromatic rings. The summed E-state index contributed by atoms with van der Waals surface area (Å²) in [7, 11) is 0. The third kappa shape index (κ3) is 13.5. The van der Waals surface area contributed by atoms with E-state index in [0.29, 0.717) is 25.8 Å². The third-order valence-corrected chi connectivity index (χ3v) is 2.71. The Labute approximate surface area is 146 Å². The predicted molar refractivity (Wildman–Crippen MR) is 100 cm³/mol. The first-order chi connectivity index (χ1) is 11.5. The van der Waals surface area contributed by atoms with Crippen LogP contribution in [0.3, 0.4) is 0 Å². The van der Waals surface area contributed by atoms with Crippen molar-refractivity contribution in [1.82, 2.24) is 5.32 Å². The van der Waals surface area contributed by atoms with Crippen molar-refractivity contribution in [2.45, 2.75) is 60.8 Å². The van der Waals surface area contributed by atoms with E-state index in [1.165, 1.54) is 13.8 Å². The molecule has 0 aliphatic carbocycles. The highest BCUT2D eigenvalue weighted by Gasteiger charge is 2.03. The van der Waals surface area contributed by atoms with Crippen molar-refractivity contribution in [2.24, 2.45) is 0 Å². The van der Waals surface area contributed by atoms with Crippen LogP contribution in [0.2, 0.25) is 0 Å². The van der Waals surface area contributed by atoms with Crippen molar-refractivity contribution in [3.63, 3.8) is 0 Å². The number of carbonyl (C=O) groups excluding carboxylic acids is 3. The molecular weight excluding hydrogens is 304 g/mol. The highest BCUT2D eigenvalue weighted by molar-refractivity contribution is 5.88. The molecule has 0 radical (unpaired) electrons. The number of aryl methyl sites for hydroxylation is 1. The molecule has 5 heteroatoms. The van der Waals surface area contributed by atoms with E-state index >= 15 is 0 Å². The first-order valence-corrected chi connectivity index (χ1v) is 8.60. The van der Waals surface area contributed by atoms with Crippen molar-refractivity contribution < 1.29 is 14.4 Å². The van der Waals surface area contributed by atoms with Crippen LogP contribution in [0.25, 0.3) is 0 Å². The Hall–Kier alpha value is -2.17. The van der Waals surface area contributed by atoms with Gasteiger partial charge in [-0.3, -0.25) is 14.4 Å². The highest BCUT2D eigenvalue weighted by atomic mass is 16.2. The molecule has 0 spiro atoms. The molecule has 0 aromatic heterocycles. The molecule has 0 saturated heterocycles. The zero-order valence-corrected chi connectivity index (χ0v) is 15.9. The van der Waals surface area contributed by atoms with Crippen LogP contribution in [0.1, 0.15) is 59.9 Å². The van der Waals surface area contributed by atoms with Gasteiger partial charge in [-0.15, -0.1) is 0 Å². The van der Waals surface area contributed by atoms with E-state index in [0.717, 1.165) is 11.3 Å². The van der Waals surface area contributed by atoms with E-state index in [-0.39, 0.29) is 17.6 Å². The molecule has 0 fully saturated rings. The fraction of sp³-hybridized carbons (Fsp3) is 0.526. The Kier molecular flexibility index (Phi) is 15.8. The zero-order chi connectivity index (χ0) is 19.0. The third-order valence-electron chi connectivity index (χ3n) is 2.71.